The topological polar surface area (TPSA) is 12.0 Å². The molecular formula is C20H35N. The molecule has 1 heteroatoms. The molecule has 1 heterocycles. The highest BCUT2D eigenvalue weighted by Gasteiger charge is 2.59. The summed E-state index contributed by atoms with van der Waals surface area (Å²) < 4.78 is 0. The lowest BCUT2D eigenvalue weighted by Crippen LogP contribution is -2.59. The number of fused-ring (bicyclic) bond motifs is 5. The Labute approximate surface area is 131 Å². The van der Waals surface area contributed by atoms with Gasteiger partial charge in [-0.3, -0.25) is 0 Å². The summed E-state index contributed by atoms with van der Waals surface area (Å²) in [4.78, 5) is 0. The Balaban J connectivity index is 1.62. The van der Waals surface area contributed by atoms with Gasteiger partial charge in [0.15, 0.2) is 0 Å². The van der Waals surface area contributed by atoms with Gasteiger partial charge in [-0.2, -0.15) is 0 Å². The molecule has 3 saturated carbocycles. The number of rotatable bonds is 1. The molecule has 1 aliphatic heterocycles. The van der Waals surface area contributed by atoms with Crippen molar-refractivity contribution < 1.29 is 0 Å². The Bertz CT molecular complexity index is 405. The molecule has 0 aromatic heterocycles. The van der Waals surface area contributed by atoms with E-state index in [2.05, 4.69) is 26.1 Å². The fourth-order valence-electron chi connectivity index (χ4n) is 7.68. The van der Waals surface area contributed by atoms with Crippen molar-refractivity contribution in [3.8, 4) is 0 Å². The monoisotopic (exact) mass is 289 g/mol. The fraction of sp³-hybridized carbons (Fsp3) is 1.00. The molecule has 1 saturated heterocycles. The van der Waals surface area contributed by atoms with Gasteiger partial charge in [-0.15, -0.1) is 0 Å². The van der Waals surface area contributed by atoms with Crippen LogP contribution in [-0.4, -0.2) is 12.6 Å². The van der Waals surface area contributed by atoms with Gasteiger partial charge in [0.2, 0.25) is 0 Å². The molecule has 4 fully saturated rings. The molecule has 3 aliphatic carbocycles. The Hall–Kier alpha value is -0.0400. The molecular weight excluding hydrogens is 254 g/mol. The standard InChI is InChI=1S/C20H35N/c1-4-14-6-8-16-15-7-9-18-20(3,11-5-13-21-18)17(15)10-12-19(14,16)2/h14-18,21H,4-13H2,1-3H3/t14-,15-,16-,17-,18?,19+,20+/m0/s1. The maximum atomic E-state index is 3.88. The Morgan fingerprint density at radius 3 is 2.52 bits per heavy atom. The minimum atomic E-state index is 0.618. The second-order valence-corrected chi connectivity index (χ2v) is 9.30. The minimum absolute atomic E-state index is 0.618. The highest BCUT2D eigenvalue weighted by atomic mass is 15.0. The van der Waals surface area contributed by atoms with Crippen molar-refractivity contribution in [2.45, 2.75) is 84.6 Å². The summed E-state index contributed by atoms with van der Waals surface area (Å²) in [6.07, 6.45) is 13.4. The van der Waals surface area contributed by atoms with Crippen molar-refractivity contribution in [2.24, 2.45) is 34.5 Å². The zero-order chi connectivity index (χ0) is 14.7. The molecule has 1 unspecified atom stereocenters. The average molecular weight is 290 g/mol. The van der Waals surface area contributed by atoms with Crippen molar-refractivity contribution in [1.82, 2.24) is 5.32 Å². The van der Waals surface area contributed by atoms with E-state index in [9.17, 15) is 0 Å². The highest BCUT2D eigenvalue weighted by Crippen LogP contribution is 2.65. The van der Waals surface area contributed by atoms with Gasteiger partial charge in [-0.25, -0.2) is 0 Å². The summed E-state index contributed by atoms with van der Waals surface area (Å²) in [5.74, 6) is 4.17. The first kappa shape index (κ1) is 14.5. The third kappa shape index (κ3) is 1.92. The van der Waals surface area contributed by atoms with E-state index in [1.165, 1.54) is 57.9 Å². The maximum absolute atomic E-state index is 3.88. The molecule has 0 bridgehead atoms. The summed E-state index contributed by atoms with van der Waals surface area (Å²) >= 11 is 0. The number of hydrogen-bond donors (Lipinski definition) is 1. The van der Waals surface area contributed by atoms with Crippen molar-refractivity contribution in [1.29, 1.82) is 0 Å². The second-order valence-electron chi connectivity index (χ2n) is 9.30. The van der Waals surface area contributed by atoms with Crippen molar-refractivity contribution in [3.05, 3.63) is 0 Å². The molecule has 7 atom stereocenters. The van der Waals surface area contributed by atoms with Crippen LogP contribution in [-0.2, 0) is 0 Å². The van der Waals surface area contributed by atoms with Crippen LogP contribution in [0.15, 0.2) is 0 Å². The molecule has 0 spiro atoms. The first-order valence-corrected chi connectivity index (χ1v) is 9.83. The molecule has 0 amide bonds. The lowest BCUT2D eigenvalue weighted by Gasteiger charge is -2.60. The fourth-order valence-corrected chi connectivity index (χ4v) is 7.68. The van der Waals surface area contributed by atoms with Crippen molar-refractivity contribution in [2.75, 3.05) is 6.54 Å². The Kier molecular flexibility index (Phi) is 3.45. The van der Waals surface area contributed by atoms with Gasteiger partial charge < -0.3 is 5.32 Å². The van der Waals surface area contributed by atoms with Gasteiger partial charge in [0, 0.05) is 6.04 Å². The Morgan fingerprint density at radius 2 is 1.71 bits per heavy atom. The van der Waals surface area contributed by atoms with Crippen LogP contribution in [0, 0.1) is 34.5 Å². The molecule has 0 aromatic rings. The first-order chi connectivity index (χ1) is 10.1. The van der Waals surface area contributed by atoms with E-state index < -0.39 is 0 Å². The number of hydrogen-bond acceptors (Lipinski definition) is 1. The summed E-state index contributed by atoms with van der Waals surface area (Å²) in [6, 6.07) is 0.834. The van der Waals surface area contributed by atoms with Crippen LogP contribution in [0.2, 0.25) is 0 Å². The van der Waals surface area contributed by atoms with Crippen LogP contribution in [0.3, 0.4) is 0 Å². The van der Waals surface area contributed by atoms with E-state index in [0.717, 1.165) is 29.7 Å². The van der Waals surface area contributed by atoms with E-state index in [4.69, 9.17) is 0 Å². The van der Waals surface area contributed by atoms with E-state index in [0.29, 0.717) is 10.8 Å². The summed E-state index contributed by atoms with van der Waals surface area (Å²) in [7, 11) is 0. The van der Waals surface area contributed by atoms with Gasteiger partial charge >= 0.3 is 0 Å². The molecule has 4 aliphatic rings. The Morgan fingerprint density at radius 1 is 0.905 bits per heavy atom. The molecule has 21 heavy (non-hydrogen) atoms. The first-order valence-electron chi connectivity index (χ1n) is 9.83. The molecule has 0 radical (unpaired) electrons. The van der Waals surface area contributed by atoms with Gasteiger partial charge in [0.25, 0.3) is 0 Å². The predicted molar refractivity (Wildman–Crippen MR) is 89.2 cm³/mol. The zero-order valence-electron chi connectivity index (χ0n) is 14.5. The summed E-state index contributed by atoms with van der Waals surface area (Å²) in [6.45, 7) is 9.03. The third-order valence-electron chi connectivity index (χ3n) is 8.84. The van der Waals surface area contributed by atoms with Crippen LogP contribution in [0.25, 0.3) is 0 Å². The molecule has 120 valence electrons. The van der Waals surface area contributed by atoms with E-state index in [1.54, 1.807) is 6.42 Å². The van der Waals surface area contributed by atoms with Crippen LogP contribution in [0.5, 0.6) is 0 Å². The average Bonchev–Trinajstić information content (AvgIpc) is 2.83. The van der Waals surface area contributed by atoms with E-state index in [-0.39, 0.29) is 0 Å². The molecule has 1 nitrogen and oxygen atoms in total. The van der Waals surface area contributed by atoms with Gasteiger partial charge in [0.05, 0.1) is 0 Å². The summed E-state index contributed by atoms with van der Waals surface area (Å²) in [5, 5.41) is 3.88. The van der Waals surface area contributed by atoms with Gasteiger partial charge in [-0.05, 0) is 92.4 Å². The minimum Gasteiger partial charge on any atom is -0.313 e. The van der Waals surface area contributed by atoms with Crippen molar-refractivity contribution >= 4 is 0 Å². The summed E-state index contributed by atoms with van der Waals surface area (Å²) in [5.41, 5.74) is 1.31. The second kappa shape index (κ2) is 4.98. The highest BCUT2D eigenvalue weighted by molar-refractivity contribution is 5.10. The zero-order valence-corrected chi connectivity index (χ0v) is 14.5. The molecule has 0 aromatic carbocycles. The van der Waals surface area contributed by atoms with Crippen LogP contribution < -0.4 is 5.32 Å². The lowest BCUT2D eigenvalue weighted by molar-refractivity contribution is -0.0940. The number of piperidine rings is 1. The smallest absolute Gasteiger partial charge is 0.0124 e. The van der Waals surface area contributed by atoms with Crippen LogP contribution in [0.4, 0.5) is 0 Å². The molecule has 1 N–H and O–H groups in total. The lowest BCUT2D eigenvalue weighted by atomic mass is 9.47. The SMILES string of the molecule is CC[C@H]1CC[C@H]2[C@@H]3CCC4NCCC[C@]4(C)[C@H]3CC[C@]12C. The maximum Gasteiger partial charge on any atom is 0.0124 e. The largest absolute Gasteiger partial charge is 0.313 e. The van der Waals surface area contributed by atoms with Gasteiger partial charge in [-0.1, -0.05) is 27.2 Å². The van der Waals surface area contributed by atoms with Crippen LogP contribution >= 0.6 is 0 Å². The quantitative estimate of drug-likeness (QED) is 0.715. The van der Waals surface area contributed by atoms with Gasteiger partial charge in [0.1, 0.15) is 0 Å². The predicted octanol–water partition coefficient (Wildman–Crippen LogP) is 5.01. The van der Waals surface area contributed by atoms with Crippen molar-refractivity contribution in [3.63, 3.8) is 0 Å². The van der Waals surface area contributed by atoms with E-state index in [1.807, 2.05) is 0 Å². The third-order valence-corrected chi connectivity index (χ3v) is 8.84. The number of nitrogens with one attached hydrogen (secondary N) is 1. The van der Waals surface area contributed by atoms with E-state index >= 15 is 0 Å². The van der Waals surface area contributed by atoms with Crippen LogP contribution in [0.1, 0.15) is 78.6 Å². The molecule has 4 rings (SSSR count). The normalized spacial score (nSPS) is 56.4.